The maximum atomic E-state index is 12.6. The molecule has 2 unspecified atom stereocenters. The van der Waals surface area contributed by atoms with Crippen molar-refractivity contribution in [3.05, 3.63) is 190 Å². The van der Waals surface area contributed by atoms with Gasteiger partial charge in [-0.25, -0.2) is 0 Å². The highest BCUT2D eigenvalue weighted by Crippen LogP contribution is 2.19. The monoisotopic (exact) mass is 741 g/mol. The fourth-order valence-corrected chi connectivity index (χ4v) is 6.74. The van der Waals surface area contributed by atoms with Crippen LogP contribution in [0.3, 0.4) is 0 Å². The quantitative estimate of drug-likeness (QED) is 0.0961. The molecule has 1 N–H and O–H groups in total. The van der Waals surface area contributed by atoms with Gasteiger partial charge in [0.15, 0.2) is 0 Å². The van der Waals surface area contributed by atoms with E-state index in [4.69, 9.17) is 9.98 Å². The van der Waals surface area contributed by atoms with Gasteiger partial charge < -0.3 is 5.11 Å². The van der Waals surface area contributed by atoms with Gasteiger partial charge in [-0.1, -0.05) is 164 Å². The van der Waals surface area contributed by atoms with Gasteiger partial charge in [-0.2, -0.15) is 11.8 Å². The Balaban J connectivity index is 1.11. The van der Waals surface area contributed by atoms with Crippen molar-refractivity contribution in [2.45, 2.75) is 31.5 Å². The number of aliphatic carboxylic acids is 1. The van der Waals surface area contributed by atoms with Crippen LogP contribution in [0.5, 0.6) is 0 Å². The van der Waals surface area contributed by atoms with Gasteiger partial charge in [0.1, 0.15) is 6.04 Å². The molecular weight excluding hydrogens is 695 g/mol. The van der Waals surface area contributed by atoms with E-state index < -0.39 is 12.0 Å². The van der Waals surface area contributed by atoms with Crippen LogP contribution in [0.4, 0.5) is 0 Å². The summed E-state index contributed by atoms with van der Waals surface area (Å²) in [6, 6.07) is 42.7. The highest BCUT2D eigenvalue weighted by atomic mass is 32.2. The summed E-state index contributed by atoms with van der Waals surface area (Å²) in [5.41, 5.74) is 9.31. The number of thioether (sulfide) groups is 1. The molecule has 276 valence electrons. The van der Waals surface area contributed by atoms with Crippen LogP contribution in [-0.2, 0) is 11.3 Å². The standard InChI is InChI=1S/C49H47N3O2S/c1-55-35-34-48(49(53)54)52(36-46-16-8-14-44(50-46)32-30-42-26-22-40(23-27-42)20-18-38-10-4-2-5-11-38)37-47-17-9-15-45(51-47)33-31-43-28-24-41(25-29-43)21-19-39-12-6-3-7-13-39/h2-14,16-33,45,48H,15,34-37H2,1H3,(H,53,54)/b20-18+,21-19+,32-30+,33-31+. The summed E-state index contributed by atoms with van der Waals surface area (Å²) in [5.74, 6) is -0.0787. The predicted octanol–water partition coefficient (Wildman–Crippen LogP) is 11.1. The number of carbonyl (C=O) groups is 1. The van der Waals surface area contributed by atoms with E-state index in [1.54, 1.807) is 11.8 Å². The number of rotatable bonds is 17. The third kappa shape index (κ3) is 12.6. The highest BCUT2D eigenvalue weighted by Gasteiger charge is 2.27. The molecule has 1 aliphatic heterocycles. The zero-order chi connectivity index (χ0) is 38.1. The summed E-state index contributed by atoms with van der Waals surface area (Å²) in [6.07, 6.45) is 24.3. The van der Waals surface area contributed by atoms with Gasteiger partial charge in [0.05, 0.1) is 17.4 Å². The van der Waals surface area contributed by atoms with Gasteiger partial charge in [-0.3, -0.25) is 19.7 Å². The van der Waals surface area contributed by atoms with Gasteiger partial charge in [0.25, 0.3) is 0 Å². The second-order valence-corrected chi connectivity index (χ2v) is 14.4. The van der Waals surface area contributed by atoms with Crippen LogP contribution in [0, 0.1) is 0 Å². The number of nitrogens with zero attached hydrogens (tertiary/aromatic N) is 3. The van der Waals surface area contributed by atoms with Crippen LogP contribution in [-0.4, -0.2) is 57.3 Å². The van der Waals surface area contributed by atoms with E-state index in [1.165, 1.54) is 11.1 Å². The summed E-state index contributed by atoms with van der Waals surface area (Å²) in [7, 11) is 0. The number of hydrogen-bond donors (Lipinski definition) is 1. The van der Waals surface area contributed by atoms with Gasteiger partial charge in [0, 0.05) is 18.8 Å². The fourth-order valence-electron chi connectivity index (χ4n) is 6.28. The summed E-state index contributed by atoms with van der Waals surface area (Å²) < 4.78 is 0. The predicted molar refractivity (Wildman–Crippen MR) is 236 cm³/mol. The molecule has 0 aliphatic carbocycles. The number of dihydropyridines is 1. The van der Waals surface area contributed by atoms with Gasteiger partial charge in [-0.05, 0) is 82.5 Å². The first-order valence-electron chi connectivity index (χ1n) is 18.7. The summed E-state index contributed by atoms with van der Waals surface area (Å²) in [6.45, 7) is 0.815. The largest absolute Gasteiger partial charge is 0.480 e. The lowest BCUT2D eigenvalue weighted by atomic mass is 10.1. The summed E-state index contributed by atoms with van der Waals surface area (Å²) >= 11 is 1.66. The third-order valence-corrected chi connectivity index (χ3v) is 9.91. The smallest absolute Gasteiger partial charge is 0.320 e. The molecule has 1 aromatic heterocycles. The topological polar surface area (TPSA) is 65.8 Å². The average molecular weight is 742 g/mol. The Kier molecular flexibility index (Phi) is 14.6. The SMILES string of the molecule is CSCCC(C(=O)O)N(CC1=NC(/C=C/c2ccc(/C=C/c3ccccc3)cc2)CC=C1)Cc1cccc(/C=C/c2ccc(/C=C/c3ccccc3)cc2)n1. The molecule has 4 aromatic carbocycles. The third-order valence-electron chi connectivity index (χ3n) is 9.27. The van der Waals surface area contributed by atoms with Crippen LogP contribution in [0.1, 0.15) is 57.6 Å². The van der Waals surface area contributed by atoms with E-state index in [1.807, 2.05) is 77.9 Å². The van der Waals surface area contributed by atoms with Gasteiger partial charge in [0.2, 0.25) is 0 Å². The molecule has 0 fully saturated rings. The van der Waals surface area contributed by atoms with Crippen LogP contribution in [0.25, 0.3) is 42.5 Å². The van der Waals surface area contributed by atoms with E-state index in [9.17, 15) is 9.90 Å². The lowest BCUT2D eigenvalue weighted by Crippen LogP contribution is -2.44. The first kappa shape index (κ1) is 38.9. The first-order chi connectivity index (χ1) is 27.0. The second-order valence-electron chi connectivity index (χ2n) is 13.4. The van der Waals surface area contributed by atoms with Crippen molar-refractivity contribution in [3.8, 4) is 0 Å². The Morgan fingerprint density at radius 1 is 0.691 bits per heavy atom. The number of aliphatic imine (C=N–C) groups is 1. The fraction of sp³-hybridized carbons (Fsp3) is 0.163. The van der Waals surface area contributed by atoms with Crippen molar-refractivity contribution in [3.63, 3.8) is 0 Å². The lowest BCUT2D eigenvalue weighted by Gasteiger charge is -2.29. The van der Waals surface area contributed by atoms with E-state index in [0.29, 0.717) is 19.5 Å². The average Bonchev–Trinajstić information content (AvgIpc) is 3.22. The molecule has 0 spiro atoms. The number of carboxylic acid groups (broad SMARTS) is 1. The molecule has 0 bridgehead atoms. The van der Waals surface area contributed by atoms with Crippen molar-refractivity contribution in [2.24, 2.45) is 4.99 Å². The molecule has 2 heterocycles. The number of hydrogen-bond acceptors (Lipinski definition) is 5. The van der Waals surface area contributed by atoms with Crippen LogP contribution < -0.4 is 0 Å². The molecule has 6 rings (SSSR count). The van der Waals surface area contributed by atoms with Crippen molar-refractivity contribution in [1.29, 1.82) is 0 Å². The van der Waals surface area contributed by atoms with Crippen molar-refractivity contribution >= 4 is 66.0 Å². The molecular formula is C49H47N3O2S. The minimum atomic E-state index is -0.828. The molecule has 55 heavy (non-hydrogen) atoms. The zero-order valence-corrected chi connectivity index (χ0v) is 32.0. The molecule has 5 aromatic rings. The Labute approximate surface area is 329 Å². The van der Waals surface area contributed by atoms with Crippen molar-refractivity contribution in [2.75, 3.05) is 18.6 Å². The molecule has 0 saturated heterocycles. The zero-order valence-electron chi connectivity index (χ0n) is 31.2. The van der Waals surface area contributed by atoms with Gasteiger partial charge >= 0.3 is 5.97 Å². The maximum absolute atomic E-state index is 12.6. The summed E-state index contributed by atoms with van der Waals surface area (Å²) in [4.78, 5) is 24.6. The minimum absolute atomic E-state index is 0.0190. The van der Waals surface area contributed by atoms with Crippen LogP contribution >= 0.6 is 11.8 Å². The number of pyridine rings is 1. The van der Waals surface area contributed by atoms with E-state index in [-0.39, 0.29) is 6.04 Å². The van der Waals surface area contributed by atoms with E-state index >= 15 is 0 Å². The molecule has 6 heteroatoms. The highest BCUT2D eigenvalue weighted by molar-refractivity contribution is 7.98. The van der Waals surface area contributed by atoms with Gasteiger partial charge in [-0.15, -0.1) is 0 Å². The minimum Gasteiger partial charge on any atom is -0.480 e. The number of carboxylic acids is 1. The van der Waals surface area contributed by atoms with Crippen molar-refractivity contribution < 1.29 is 9.90 Å². The normalized spacial score (nSPS) is 15.1. The lowest BCUT2D eigenvalue weighted by molar-refractivity contribution is -0.143. The molecule has 2 atom stereocenters. The molecule has 0 radical (unpaired) electrons. The Bertz CT molecular complexity index is 2150. The molecule has 0 saturated carbocycles. The Morgan fingerprint density at radius 2 is 1.22 bits per heavy atom. The molecule has 1 aliphatic rings. The van der Waals surface area contributed by atoms with Crippen molar-refractivity contribution in [1.82, 2.24) is 9.88 Å². The Hall–Kier alpha value is -5.82. The number of aromatic nitrogens is 1. The first-order valence-corrected chi connectivity index (χ1v) is 20.1. The maximum Gasteiger partial charge on any atom is 0.320 e. The second kappa shape index (κ2) is 20.6. The van der Waals surface area contributed by atoms with Crippen LogP contribution in [0.2, 0.25) is 0 Å². The van der Waals surface area contributed by atoms with E-state index in [2.05, 4.69) is 121 Å². The van der Waals surface area contributed by atoms with Crippen LogP contribution in [0.15, 0.2) is 151 Å². The molecule has 0 amide bonds. The van der Waals surface area contributed by atoms with E-state index in [0.717, 1.165) is 51.5 Å². The summed E-state index contributed by atoms with van der Waals surface area (Å²) in [5, 5.41) is 10.4. The number of benzene rings is 4. The Morgan fingerprint density at radius 3 is 1.76 bits per heavy atom. The molecule has 5 nitrogen and oxygen atoms in total.